The largest absolute Gasteiger partial charge is 0.450 e. The van der Waals surface area contributed by atoms with Crippen LogP contribution in [0, 0.1) is 0 Å². The lowest BCUT2D eigenvalue weighted by atomic mass is 10.0. The first kappa shape index (κ1) is 23.5. The van der Waals surface area contributed by atoms with E-state index in [1.165, 1.54) is 12.8 Å². The number of likely N-dealkylation sites (tertiary alicyclic amines) is 1. The highest BCUT2D eigenvalue weighted by molar-refractivity contribution is 5.73. The molecule has 1 rings (SSSR count). The average Bonchev–Trinajstić information content (AvgIpc) is 2.68. The van der Waals surface area contributed by atoms with Crippen LogP contribution >= 0.6 is 0 Å². The van der Waals surface area contributed by atoms with E-state index in [2.05, 4.69) is 27.8 Å². The van der Waals surface area contributed by atoms with Crippen molar-refractivity contribution in [1.82, 2.24) is 20.9 Å². The zero-order valence-corrected chi connectivity index (χ0v) is 17.4. The van der Waals surface area contributed by atoms with Gasteiger partial charge in [-0.3, -0.25) is 4.90 Å². The number of carbonyl (C=O) groups is 2. The van der Waals surface area contributed by atoms with Crippen LogP contribution in [0.4, 0.5) is 9.59 Å². The summed E-state index contributed by atoms with van der Waals surface area (Å²) in [6, 6.07) is 0.347. The van der Waals surface area contributed by atoms with Crippen LogP contribution in [0.25, 0.3) is 0 Å². The van der Waals surface area contributed by atoms with Gasteiger partial charge in [-0.15, -0.1) is 0 Å². The van der Waals surface area contributed by atoms with Gasteiger partial charge in [-0.1, -0.05) is 33.1 Å². The molecule has 27 heavy (non-hydrogen) atoms. The fourth-order valence-electron chi connectivity index (χ4n) is 3.27. The number of amides is 3. The molecule has 158 valence electrons. The minimum Gasteiger partial charge on any atom is -0.450 e. The first-order valence-corrected chi connectivity index (χ1v) is 10.8. The second kappa shape index (κ2) is 15.5. The Morgan fingerprint density at radius 3 is 2.56 bits per heavy atom. The Bertz CT molecular complexity index is 407. The molecule has 1 aliphatic rings. The smallest absolute Gasteiger partial charge is 0.407 e. The average molecular weight is 385 g/mol. The summed E-state index contributed by atoms with van der Waals surface area (Å²) < 4.78 is 5.17. The van der Waals surface area contributed by atoms with Gasteiger partial charge in [0.05, 0.1) is 6.61 Å². The van der Waals surface area contributed by atoms with Crippen molar-refractivity contribution in [2.24, 2.45) is 0 Å². The van der Waals surface area contributed by atoms with Gasteiger partial charge in [0.2, 0.25) is 0 Å². The third-order valence-electron chi connectivity index (χ3n) is 4.91. The standard InChI is InChI=1S/C20H40N4O3/c1-3-5-16-27-20(26)23-17-18-11-7-10-15-24(18)14-9-6-8-13-22-19(25)21-12-4-2/h18H,3-17H2,1-2H3,(H,23,26)(H2,21,22,25). The van der Waals surface area contributed by atoms with Crippen molar-refractivity contribution in [3.8, 4) is 0 Å². The van der Waals surface area contributed by atoms with Gasteiger partial charge in [0.1, 0.15) is 0 Å². The molecule has 0 spiro atoms. The second-order valence-corrected chi connectivity index (χ2v) is 7.30. The van der Waals surface area contributed by atoms with E-state index in [-0.39, 0.29) is 12.1 Å². The first-order chi connectivity index (χ1) is 13.2. The molecule has 1 heterocycles. The molecule has 0 bridgehead atoms. The maximum Gasteiger partial charge on any atom is 0.407 e. The van der Waals surface area contributed by atoms with Gasteiger partial charge in [-0.05, 0) is 51.6 Å². The maximum absolute atomic E-state index is 11.7. The van der Waals surface area contributed by atoms with Gasteiger partial charge >= 0.3 is 12.1 Å². The Morgan fingerprint density at radius 2 is 1.78 bits per heavy atom. The molecule has 0 saturated carbocycles. The molecule has 3 N–H and O–H groups in total. The molecule has 0 aromatic heterocycles. The van der Waals surface area contributed by atoms with Crippen molar-refractivity contribution in [2.45, 2.75) is 77.7 Å². The monoisotopic (exact) mass is 384 g/mol. The highest BCUT2D eigenvalue weighted by Crippen LogP contribution is 2.17. The summed E-state index contributed by atoms with van der Waals surface area (Å²) in [5.74, 6) is 0. The molecule has 0 aliphatic carbocycles. The molecule has 0 radical (unpaired) electrons. The summed E-state index contributed by atoms with van der Waals surface area (Å²) in [6.45, 7) is 8.91. The van der Waals surface area contributed by atoms with Gasteiger partial charge < -0.3 is 20.7 Å². The Hall–Kier alpha value is -1.50. The minimum atomic E-state index is -0.290. The molecule has 1 fully saturated rings. The van der Waals surface area contributed by atoms with Crippen LogP contribution in [0.3, 0.4) is 0 Å². The highest BCUT2D eigenvalue weighted by atomic mass is 16.5. The van der Waals surface area contributed by atoms with E-state index < -0.39 is 0 Å². The fraction of sp³-hybridized carbons (Fsp3) is 0.900. The Kier molecular flexibility index (Phi) is 13.6. The van der Waals surface area contributed by atoms with E-state index >= 15 is 0 Å². The third kappa shape index (κ3) is 11.7. The number of hydrogen-bond acceptors (Lipinski definition) is 4. The topological polar surface area (TPSA) is 82.7 Å². The minimum absolute atomic E-state index is 0.0650. The highest BCUT2D eigenvalue weighted by Gasteiger charge is 2.22. The number of ether oxygens (including phenoxy) is 1. The molecule has 3 amide bonds. The summed E-state index contributed by atoms with van der Waals surface area (Å²) in [7, 11) is 0. The number of piperidine rings is 1. The number of urea groups is 1. The lowest BCUT2D eigenvalue weighted by molar-refractivity contribution is 0.123. The van der Waals surface area contributed by atoms with Gasteiger partial charge in [-0.25, -0.2) is 9.59 Å². The lowest BCUT2D eigenvalue weighted by Gasteiger charge is -2.35. The Morgan fingerprint density at radius 1 is 0.963 bits per heavy atom. The normalized spacial score (nSPS) is 17.3. The van der Waals surface area contributed by atoms with Crippen LogP contribution in [-0.2, 0) is 4.74 Å². The lowest BCUT2D eigenvalue weighted by Crippen LogP contribution is -2.47. The van der Waals surface area contributed by atoms with Crippen molar-refractivity contribution in [2.75, 3.05) is 39.3 Å². The van der Waals surface area contributed by atoms with Crippen molar-refractivity contribution in [1.29, 1.82) is 0 Å². The van der Waals surface area contributed by atoms with Crippen LogP contribution < -0.4 is 16.0 Å². The maximum atomic E-state index is 11.7. The fourth-order valence-corrected chi connectivity index (χ4v) is 3.27. The molecule has 1 saturated heterocycles. The number of nitrogens with zero attached hydrogens (tertiary/aromatic N) is 1. The Balaban J connectivity index is 2.12. The van der Waals surface area contributed by atoms with Crippen molar-refractivity contribution in [3.63, 3.8) is 0 Å². The van der Waals surface area contributed by atoms with E-state index in [1.54, 1.807) is 0 Å². The molecule has 1 aliphatic heterocycles. The molecule has 1 atom stereocenters. The van der Waals surface area contributed by atoms with Gasteiger partial charge in [0.15, 0.2) is 0 Å². The molecule has 7 nitrogen and oxygen atoms in total. The summed E-state index contributed by atoms with van der Waals surface area (Å²) in [6.07, 6.45) is 9.42. The zero-order valence-electron chi connectivity index (χ0n) is 17.4. The van der Waals surface area contributed by atoms with E-state index in [0.29, 0.717) is 19.2 Å². The first-order valence-electron chi connectivity index (χ1n) is 10.8. The molecular formula is C20H40N4O3. The molecule has 0 aromatic carbocycles. The number of nitrogens with one attached hydrogen (secondary N) is 3. The second-order valence-electron chi connectivity index (χ2n) is 7.30. The van der Waals surface area contributed by atoms with Crippen molar-refractivity contribution >= 4 is 12.1 Å². The molecule has 1 unspecified atom stereocenters. The van der Waals surface area contributed by atoms with E-state index in [9.17, 15) is 9.59 Å². The van der Waals surface area contributed by atoms with Gasteiger partial charge in [0, 0.05) is 25.7 Å². The Labute approximate surface area is 165 Å². The van der Waals surface area contributed by atoms with Crippen LogP contribution in [-0.4, -0.2) is 62.4 Å². The number of hydrogen-bond donors (Lipinski definition) is 3. The molecule has 0 aromatic rings. The molecule has 7 heteroatoms. The summed E-state index contributed by atoms with van der Waals surface area (Å²) >= 11 is 0. The van der Waals surface area contributed by atoms with Crippen LogP contribution in [0.15, 0.2) is 0 Å². The summed E-state index contributed by atoms with van der Waals surface area (Å²) in [5.41, 5.74) is 0. The third-order valence-corrected chi connectivity index (χ3v) is 4.91. The summed E-state index contributed by atoms with van der Waals surface area (Å²) in [5, 5.41) is 8.63. The predicted molar refractivity (Wildman–Crippen MR) is 109 cm³/mol. The number of unbranched alkanes of at least 4 members (excludes halogenated alkanes) is 3. The number of rotatable bonds is 13. The van der Waals surface area contributed by atoms with Gasteiger partial charge in [0.25, 0.3) is 0 Å². The predicted octanol–water partition coefficient (Wildman–Crippen LogP) is 3.25. The van der Waals surface area contributed by atoms with Crippen LogP contribution in [0.5, 0.6) is 0 Å². The van der Waals surface area contributed by atoms with Gasteiger partial charge in [-0.2, -0.15) is 0 Å². The van der Waals surface area contributed by atoms with Crippen LogP contribution in [0.2, 0.25) is 0 Å². The number of carbonyl (C=O) groups excluding carboxylic acids is 2. The van der Waals surface area contributed by atoms with E-state index in [1.807, 2.05) is 6.92 Å². The number of alkyl carbamates (subject to hydrolysis) is 1. The van der Waals surface area contributed by atoms with E-state index in [0.717, 1.165) is 71.1 Å². The van der Waals surface area contributed by atoms with Crippen molar-refractivity contribution < 1.29 is 14.3 Å². The zero-order chi connectivity index (χ0) is 19.7. The van der Waals surface area contributed by atoms with E-state index in [4.69, 9.17) is 4.74 Å². The summed E-state index contributed by atoms with van der Waals surface area (Å²) in [4.78, 5) is 25.7. The molecular weight excluding hydrogens is 344 g/mol. The van der Waals surface area contributed by atoms with Crippen LogP contribution in [0.1, 0.15) is 71.6 Å². The quantitative estimate of drug-likeness (QED) is 0.426. The SMILES string of the molecule is CCCCOC(=O)NCC1CCCCN1CCCCCNC(=O)NCCC. The van der Waals surface area contributed by atoms with Crippen molar-refractivity contribution in [3.05, 3.63) is 0 Å².